The molecule has 23 heavy (non-hydrogen) atoms. The first-order valence-corrected chi connectivity index (χ1v) is 7.18. The van der Waals surface area contributed by atoms with E-state index in [1.54, 1.807) is 13.8 Å². The number of nitrogens with zero attached hydrogens (tertiary/aromatic N) is 1. The molecule has 124 valence electrons. The van der Waals surface area contributed by atoms with Crippen molar-refractivity contribution < 1.29 is 24.0 Å². The molecule has 3 amide bonds. The minimum absolute atomic E-state index is 0.0996. The van der Waals surface area contributed by atoms with Gasteiger partial charge in [-0.15, -0.1) is 0 Å². The minimum atomic E-state index is -1.27. The predicted octanol–water partition coefficient (Wildman–Crippen LogP) is 1.73. The summed E-state index contributed by atoms with van der Waals surface area (Å²) in [5, 5.41) is 12.7. The molecular formula is C13H14BrN3O6. The van der Waals surface area contributed by atoms with Crippen molar-refractivity contribution in [3.05, 3.63) is 38.3 Å². The summed E-state index contributed by atoms with van der Waals surface area (Å²) in [6.07, 6.45) is -1.27. The highest BCUT2D eigenvalue weighted by Crippen LogP contribution is 2.26. The number of amides is 3. The number of urea groups is 1. The highest BCUT2D eigenvalue weighted by atomic mass is 79.9. The molecular weight excluding hydrogens is 374 g/mol. The van der Waals surface area contributed by atoms with E-state index in [4.69, 9.17) is 10.5 Å². The van der Waals surface area contributed by atoms with Gasteiger partial charge in [0.15, 0.2) is 6.10 Å². The lowest BCUT2D eigenvalue weighted by molar-refractivity contribution is -0.385. The zero-order chi connectivity index (χ0) is 17.7. The maximum absolute atomic E-state index is 12.1. The summed E-state index contributed by atoms with van der Waals surface area (Å²) in [6, 6.07) is 2.58. The number of primary amides is 1. The third kappa shape index (κ3) is 5.02. The Balaban J connectivity index is 3.00. The second kappa shape index (κ2) is 7.68. The van der Waals surface area contributed by atoms with E-state index in [0.29, 0.717) is 0 Å². The van der Waals surface area contributed by atoms with Gasteiger partial charge in [0.25, 0.3) is 11.6 Å². The van der Waals surface area contributed by atoms with Crippen LogP contribution in [0.2, 0.25) is 0 Å². The van der Waals surface area contributed by atoms with Crippen LogP contribution in [-0.4, -0.2) is 28.9 Å². The van der Waals surface area contributed by atoms with Crippen molar-refractivity contribution in [3.63, 3.8) is 0 Å². The van der Waals surface area contributed by atoms with Gasteiger partial charge >= 0.3 is 12.0 Å². The molecule has 0 saturated carbocycles. The van der Waals surface area contributed by atoms with Gasteiger partial charge < -0.3 is 10.5 Å². The Morgan fingerprint density at radius 1 is 1.35 bits per heavy atom. The Bertz CT molecular complexity index is 661. The van der Waals surface area contributed by atoms with Crippen LogP contribution < -0.4 is 11.1 Å². The molecule has 0 spiro atoms. The standard InChI is InChI=1S/C13H14BrN3O6/c1-6(2)10(11(18)16-13(15)20)23-12(19)7-3-4-8(14)9(5-7)17(21)22/h3-6,10H,1-2H3,(H3,15,16,18,20). The summed E-state index contributed by atoms with van der Waals surface area (Å²) in [4.78, 5) is 44.8. The molecule has 0 aliphatic carbocycles. The fourth-order valence-electron chi connectivity index (χ4n) is 1.65. The first-order chi connectivity index (χ1) is 10.6. The largest absolute Gasteiger partial charge is 0.448 e. The van der Waals surface area contributed by atoms with Gasteiger partial charge in [0.05, 0.1) is 15.0 Å². The van der Waals surface area contributed by atoms with E-state index in [9.17, 15) is 24.5 Å². The second-order valence-electron chi connectivity index (χ2n) is 4.85. The summed E-state index contributed by atoms with van der Waals surface area (Å²) in [7, 11) is 0. The van der Waals surface area contributed by atoms with Crippen molar-refractivity contribution in [2.45, 2.75) is 20.0 Å². The minimum Gasteiger partial charge on any atom is -0.448 e. The fraction of sp³-hybridized carbons (Fsp3) is 0.308. The lowest BCUT2D eigenvalue weighted by Gasteiger charge is -2.19. The first kappa shape index (κ1) is 18.6. The molecule has 0 heterocycles. The smallest absolute Gasteiger partial charge is 0.339 e. The monoisotopic (exact) mass is 387 g/mol. The lowest BCUT2D eigenvalue weighted by atomic mass is 10.1. The number of rotatable bonds is 5. The Morgan fingerprint density at radius 2 is 1.96 bits per heavy atom. The third-order valence-electron chi connectivity index (χ3n) is 2.72. The van der Waals surface area contributed by atoms with Gasteiger partial charge in [0.2, 0.25) is 0 Å². The van der Waals surface area contributed by atoms with Crippen LogP contribution in [0.5, 0.6) is 0 Å². The average Bonchev–Trinajstić information content (AvgIpc) is 2.43. The maximum atomic E-state index is 12.1. The van der Waals surface area contributed by atoms with Crippen molar-refractivity contribution in [1.29, 1.82) is 0 Å². The number of nitro benzene ring substituents is 1. The average molecular weight is 388 g/mol. The summed E-state index contributed by atoms with van der Waals surface area (Å²) in [5.74, 6) is -2.24. The van der Waals surface area contributed by atoms with Crippen molar-refractivity contribution in [2.24, 2.45) is 11.7 Å². The summed E-state index contributed by atoms with van der Waals surface area (Å²) >= 11 is 3.00. The molecule has 0 bridgehead atoms. The molecule has 0 fully saturated rings. The molecule has 10 heteroatoms. The van der Waals surface area contributed by atoms with Crippen molar-refractivity contribution in [3.8, 4) is 0 Å². The Labute approximate surface area is 139 Å². The number of halogens is 1. The van der Waals surface area contributed by atoms with E-state index in [0.717, 1.165) is 6.07 Å². The van der Waals surface area contributed by atoms with Gasteiger partial charge in [-0.2, -0.15) is 0 Å². The molecule has 1 aromatic rings. The number of hydrogen-bond donors (Lipinski definition) is 2. The van der Waals surface area contributed by atoms with E-state index < -0.39 is 34.9 Å². The number of carbonyl (C=O) groups is 3. The zero-order valence-electron chi connectivity index (χ0n) is 12.2. The molecule has 9 nitrogen and oxygen atoms in total. The van der Waals surface area contributed by atoms with Gasteiger partial charge in [0, 0.05) is 6.07 Å². The molecule has 1 aromatic carbocycles. The number of nitrogens with two attached hydrogens (primary N) is 1. The van der Waals surface area contributed by atoms with E-state index >= 15 is 0 Å². The molecule has 1 unspecified atom stereocenters. The molecule has 0 radical (unpaired) electrons. The number of carbonyl (C=O) groups excluding carboxylic acids is 3. The van der Waals surface area contributed by atoms with E-state index in [1.165, 1.54) is 12.1 Å². The van der Waals surface area contributed by atoms with Crippen LogP contribution in [0, 0.1) is 16.0 Å². The van der Waals surface area contributed by atoms with Gasteiger partial charge in [-0.05, 0) is 34.0 Å². The molecule has 0 saturated heterocycles. The van der Waals surface area contributed by atoms with Gasteiger partial charge in [-0.25, -0.2) is 9.59 Å². The highest BCUT2D eigenvalue weighted by molar-refractivity contribution is 9.10. The lowest BCUT2D eigenvalue weighted by Crippen LogP contribution is -2.45. The van der Waals surface area contributed by atoms with E-state index in [1.807, 2.05) is 5.32 Å². The summed E-state index contributed by atoms with van der Waals surface area (Å²) in [6.45, 7) is 3.20. The number of hydrogen-bond acceptors (Lipinski definition) is 6. The van der Waals surface area contributed by atoms with Crippen molar-refractivity contribution >= 4 is 39.5 Å². The first-order valence-electron chi connectivity index (χ1n) is 6.38. The molecule has 0 aliphatic rings. The Kier molecular flexibility index (Phi) is 6.19. The number of imide groups is 1. The number of nitrogens with one attached hydrogen (secondary N) is 1. The van der Waals surface area contributed by atoms with E-state index in [2.05, 4.69) is 15.9 Å². The quantitative estimate of drug-likeness (QED) is 0.447. The number of benzene rings is 1. The topological polar surface area (TPSA) is 142 Å². The van der Waals surface area contributed by atoms with Crippen molar-refractivity contribution in [1.82, 2.24) is 5.32 Å². The number of esters is 1. The third-order valence-corrected chi connectivity index (χ3v) is 3.39. The van der Waals surface area contributed by atoms with Crippen LogP contribution in [0.1, 0.15) is 24.2 Å². The Hall–Kier alpha value is -2.49. The van der Waals surface area contributed by atoms with Gasteiger partial charge in [-0.3, -0.25) is 20.2 Å². The molecule has 0 aromatic heterocycles. The van der Waals surface area contributed by atoms with Crippen LogP contribution in [-0.2, 0) is 9.53 Å². The highest BCUT2D eigenvalue weighted by Gasteiger charge is 2.28. The SMILES string of the molecule is CC(C)C(OC(=O)c1ccc(Br)c([N+](=O)[O-])c1)C(=O)NC(N)=O. The van der Waals surface area contributed by atoms with Crippen molar-refractivity contribution in [2.75, 3.05) is 0 Å². The molecule has 1 atom stereocenters. The number of ether oxygens (including phenoxy) is 1. The van der Waals surface area contributed by atoms with Crippen LogP contribution in [0.4, 0.5) is 10.5 Å². The maximum Gasteiger partial charge on any atom is 0.339 e. The van der Waals surface area contributed by atoms with Crippen LogP contribution >= 0.6 is 15.9 Å². The molecule has 1 rings (SSSR count). The second-order valence-corrected chi connectivity index (χ2v) is 5.70. The van der Waals surface area contributed by atoms with Gasteiger partial charge in [-0.1, -0.05) is 13.8 Å². The van der Waals surface area contributed by atoms with Crippen LogP contribution in [0.3, 0.4) is 0 Å². The van der Waals surface area contributed by atoms with Crippen LogP contribution in [0.25, 0.3) is 0 Å². The summed E-state index contributed by atoms with van der Waals surface area (Å²) < 4.78 is 5.24. The normalized spacial score (nSPS) is 11.7. The Morgan fingerprint density at radius 3 is 2.43 bits per heavy atom. The zero-order valence-corrected chi connectivity index (χ0v) is 13.8. The number of nitro groups is 1. The van der Waals surface area contributed by atoms with Crippen LogP contribution in [0.15, 0.2) is 22.7 Å². The van der Waals surface area contributed by atoms with Gasteiger partial charge in [0.1, 0.15) is 0 Å². The predicted molar refractivity (Wildman–Crippen MR) is 82.6 cm³/mol. The molecule has 0 aliphatic heterocycles. The van der Waals surface area contributed by atoms with E-state index in [-0.39, 0.29) is 15.7 Å². The fourth-order valence-corrected chi connectivity index (χ4v) is 2.04. The summed E-state index contributed by atoms with van der Waals surface area (Å²) in [5.41, 5.74) is 4.43. The molecule has 3 N–H and O–H groups in total.